The van der Waals surface area contributed by atoms with E-state index in [0.29, 0.717) is 18.5 Å². The molecule has 3 nitrogen and oxygen atoms in total. The van der Waals surface area contributed by atoms with Gasteiger partial charge in [0.1, 0.15) is 0 Å². The monoisotopic (exact) mass is 366 g/mol. The molecule has 2 unspecified atom stereocenters. The maximum absolute atomic E-state index is 13.0. The van der Waals surface area contributed by atoms with Crippen LogP contribution in [0.2, 0.25) is 0 Å². The summed E-state index contributed by atoms with van der Waals surface area (Å²) in [5.74, 6) is 0.235. The van der Waals surface area contributed by atoms with E-state index in [1.807, 2.05) is 4.90 Å². The summed E-state index contributed by atoms with van der Waals surface area (Å²) in [6.07, 6.45) is 2.66. The second-order valence-corrected chi connectivity index (χ2v) is 7.92. The Bertz CT molecular complexity index is 669. The van der Waals surface area contributed by atoms with Crippen LogP contribution in [0, 0.1) is 5.92 Å². The molecule has 1 aliphatic carbocycles. The van der Waals surface area contributed by atoms with Gasteiger partial charge in [0.2, 0.25) is 0 Å². The number of hydrogen-bond acceptors (Lipinski definition) is 2. The van der Waals surface area contributed by atoms with Crippen LogP contribution in [0.25, 0.3) is 0 Å². The van der Waals surface area contributed by atoms with Crippen molar-refractivity contribution in [3.8, 4) is 0 Å². The molecule has 0 aromatic heterocycles. The van der Waals surface area contributed by atoms with Gasteiger partial charge < -0.3 is 4.90 Å². The molecule has 1 aromatic rings. The quantitative estimate of drug-likeness (QED) is 0.784. The van der Waals surface area contributed by atoms with Gasteiger partial charge >= 0.3 is 6.18 Å². The van der Waals surface area contributed by atoms with Crippen LogP contribution in [0.15, 0.2) is 24.3 Å². The van der Waals surface area contributed by atoms with E-state index in [-0.39, 0.29) is 17.5 Å². The smallest absolute Gasteiger partial charge is 0.334 e. The Morgan fingerprint density at radius 2 is 1.77 bits per heavy atom. The highest BCUT2D eigenvalue weighted by molar-refractivity contribution is 5.94. The van der Waals surface area contributed by atoms with E-state index in [2.05, 4.69) is 4.90 Å². The van der Waals surface area contributed by atoms with Gasteiger partial charge in [-0.15, -0.1) is 0 Å². The van der Waals surface area contributed by atoms with Gasteiger partial charge in [-0.05, 0) is 56.3 Å². The Morgan fingerprint density at radius 1 is 1.04 bits per heavy atom. The summed E-state index contributed by atoms with van der Waals surface area (Å²) < 4.78 is 38.9. The number of piperidine rings is 1. The minimum Gasteiger partial charge on any atom is -0.334 e. The van der Waals surface area contributed by atoms with E-state index in [9.17, 15) is 18.0 Å². The van der Waals surface area contributed by atoms with Crippen LogP contribution in [0.1, 0.15) is 54.4 Å². The fourth-order valence-electron chi connectivity index (χ4n) is 5.01. The van der Waals surface area contributed by atoms with Crippen LogP contribution in [0.3, 0.4) is 0 Å². The molecule has 2 saturated heterocycles. The number of carbonyl (C=O) groups excluding carboxylic acids is 1. The number of carbonyl (C=O) groups is 1. The summed E-state index contributed by atoms with van der Waals surface area (Å²) >= 11 is 0. The number of benzene rings is 1. The third kappa shape index (κ3) is 3.36. The van der Waals surface area contributed by atoms with Gasteiger partial charge in [-0.25, -0.2) is 0 Å². The predicted octanol–water partition coefficient (Wildman–Crippen LogP) is 4.18. The van der Waals surface area contributed by atoms with Gasteiger partial charge in [-0.1, -0.05) is 18.9 Å². The van der Waals surface area contributed by atoms with E-state index < -0.39 is 11.7 Å². The number of alkyl halides is 3. The highest BCUT2D eigenvalue weighted by Crippen LogP contribution is 2.36. The van der Waals surface area contributed by atoms with Crippen molar-refractivity contribution in [2.45, 2.75) is 56.8 Å². The second kappa shape index (κ2) is 6.87. The molecule has 0 radical (unpaired) electrons. The van der Waals surface area contributed by atoms with Crippen molar-refractivity contribution >= 4 is 5.91 Å². The van der Waals surface area contributed by atoms with Crippen LogP contribution in [-0.2, 0) is 6.18 Å². The van der Waals surface area contributed by atoms with E-state index in [4.69, 9.17) is 0 Å². The zero-order chi connectivity index (χ0) is 18.3. The Hall–Kier alpha value is -1.56. The molecule has 26 heavy (non-hydrogen) atoms. The normalized spacial score (nSPS) is 27.7. The molecule has 2 heterocycles. The van der Waals surface area contributed by atoms with Crippen molar-refractivity contribution in [3.05, 3.63) is 35.4 Å². The molecule has 3 fully saturated rings. The lowest BCUT2D eigenvalue weighted by Crippen LogP contribution is -2.52. The van der Waals surface area contributed by atoms with E-state index in [1.54, 1.807) is 0 Å². The van der Waals surface area contributed by atoms with Gasteiger partial charge in [-0.2, -0.15) is 13.2 Å². The van der Waals surface area contributed by atoms with Crippen molar-refractivity contribution in [2.75, 3.05) is 19.6 Å². The Labute approximate surface area is 152 Å². The van der Waals surface area contributed by atoms with Crippen molar-refractivity contribution in [3.63, 3.8) is 0 Å². The second-order valence-electron chi connectivity index (χ2n) is 7.92. The lowest BCUT2D eigenvalue weighted by molar-refractivity contribution is -0.137. The molecule has 142 valence electrons. The number of hydrogen-bond donors (Lipinski definition) is 0. The molecule has 2 aliphatic heterocycles. The average molecular weight is 366 g/mol. The first-order valence-electron chi connectivity index (χ1n) is 9.66. The van der Waals surface area contributed by atoms with Gasteiger partial charge in [0.15, 0.2) is 0 Å². The predicted molar refractivity (Wildman–Crippen MR) is 92.8 cm³/mol. The van der Waals surface area contributed by atoms with Gasteiger partial charge in [-0.3, -0.25) is 9.69 Å². The summed E-state index contributed by atoms with van der Waals surface area (Å²) in [7, 11) is 0. The maximum Gasteiger partial charge on any atom is 0.416 e. The summed E-state index contributed by atoms with van der Waals surface area (Å²) in [6.45, 7) is 2.63. The number of halogens is 3. The van der Waals surface area contributed by atoms with Crippen LogP contribution in [0.5, 0.6) is 0 Å². The molecule has 3 aliphatic rings. The molecule has 0 N–H and O–H groups in total. The lowest BCUT2D eigenvalue weighted by atomic mass is 9.91. The highest BCUT2D eigenvalue weighted by atomic mass is 19.4. The summed E-state index contributed by atoms with van der Waals surface area (Å²) in [5.41, 5.74) is -0.603. The molecular weight excluding hydrogens is 341 g/mol. The van der Waals surface area contributed by atoms with Crippen molar-refractivity contribution in [1.82, 2.24) is 9.80 Å². The van der Waals surface area contributed by atoms with Crippen LogP contribution < -0.4 is 0 Å². The number of rotatable bonds is 2. The number of nitrogens with zero attached hydrogens (tertiary/aromatic N) is 2. The average Bonchev–Trinajstić information content (AvgIpc) is 3.29. The van der Waals surface area contributed by atoms with Crippen LogP contribution in [-0.4, -0.2) is 47.4 Å². The molecule has 1 aromatic carbocycles. The molecule has 1 saturated carbocycles. The molecule has 6 heteroatoms. The first-order valence-corrected chi connectivity index (χ1v) is 9.66. The first kappa shape index (κ1) is 17.8. The Morgan fingerprint density at radius 3 is 2.50 bits per heavy atom. The first-order chi connectivity index (χ1) is 12.4. The van der Waals surface area contributed by atoms with Gasteiger partial charge in [0.05, 0.1) is 5.56 Å². The van der Waals surface area contributed by atoms with Gasteiger partial charge in [0, 0.05) is 30.7 Å². The van der Waals surface area contributed by atoms with E-state index in [0.717, 1.165) is 38.1 Å². The number of likely N-dealkylation sites (tertiary alicyclic amines) is 2. The van der Waals surface area contributed by atoms with E-state index in [1.165, 1.54) is 37.8 Å². The minimum absolute atomic E-state index is 0.145. The van der Waals surface area contributed by atoms with E-state index >= 15 is 0 Å². The number of fused-ring (bicyclic) bond motifs is 1. The lowest BCUT2D eigenvalue weighted by Gasteiger charge is -2.41. The fraction of sp³-hybridized carbons (Fsp3) is 0.650. The largest absolute Gasteiger partial charge is 0.416 e. The summed E-state index contributed by atoms with van der Waals surface area (Å²) in [5, 5.41) is 0. The van der Waals surface area contributed by atoms with Crippen LogP contribution >= 0.6 is 0 Å². The molecular formula is C20H25F3N2O. The highest BCUT2D eigenvalue weighted by Gasteiger charge is 2.42. The third-order valence-corrected chi connectivity index (χ3v) is 6.43. The van der Waals surface area contributed by atoms with Crippen molar-refractivity contribution < 1.29 is 18.0 Å². The molecule has 0 spiro atoms. The van der Waals surface area contributed by atoms with Crippen molar-refractivity contribution in [2.24, 2.45) is 5.92 Å². The minimum atomic E-state index is -4.42. The van der Waals surface area contributed by atoms with Crippen LogP contribution in [0.4, 0.5) is 13.2 Å². The molecule has 0 bridgehead atoms. The molecule has 1 amide bonds. The standard InChI is InChI=1S/C20H25F3N2O/c21-20(22,23)16-5-3-4-15(12-16)19(26)25-11-9-14-8-10-24(13-18(14)25)17-6-1-2-7-17/h3-5,12,14,17-18H,1-2,6-11,13H2. The SMILES string of the molecule is O=C(c1cccc(C(F)(F)F)c1)N1CCC2CCN(C3CCCC3)CC21. The maximum atomic E-state index is 13.0. The molecule has 2 atom stereocenters. The Balaban J connectivity index is 1.51. The summed E-state index contributed by atoms with van der Waals surface area (Å²) in [6, 6.07) is 5.62. The third-order valence-electron chi connectivity index (χ3n) is 6.43. The zero-order valence-corrected chi connectivity index (χ0v) is 14.8. The van der Waals surface area contributed by atoms with Crippen molar-refractivity contribution in [1.29, 1.82) is 0 Å². The number of amides is 1. The summed E-state index contributed by atoms with van der Waals surface area (Å²) in [4.78, 5) is 17.3. The fourth-order valence-corrected chi connectivity index (χ4v) is 5.01. The topological polar surface area (TPSA) is 23.6 Å². The Kier molecular flexibility index (Phi) is 4.71. The van der Waals surface area contributed by atoms with Gasteiger partial charge in [0.25, 0.3) is 5.91 Å². The molecule has 4 rings (SSSR count). The zero-order valence-electron chi connectivity index (χ0n) is 14.8.